The van der Waals surface area contributed by atoms with Crippen LogP contribution in [0.1, 0.15) is 50.7 Å². The van der Waals surface area contributed by atoms with Gasteiger partial charge >= 0.3 is 0 Å². The maximum atomic E-state index is 4.15. The smallest absolute Gasteiger partial charge is 0.0299 e. The van der Waals surface area contributed by atoms with Crippen molar-refractivity contribution in [3.05, 3.63) is 29.6 Å². The van der Waals surface area contributed by atoms with E-state index in [4.69, 9.17) is 0 Å². The van der Waals surface area contributed by atoms with E-state index in [1.165, 1.54) is 24.0 Å². The van der Waals surface area contributed by atoms with Crippen LogP contribution in [0.4, 0.5) is 0 Å². The van der Waals surface area contributed by atoms with Crippen molar-refractivity contribution in [3.63, 3.8) is 0 Å². The lowest BCUT2D eigenvalue weighted by Crippen LogP contribution is -2.34. The molecule has 2 atom stereocenters. The van der Waals surface area contributed by atoms with Gasteiger partial charge in [0, 0.05) is 18.4 Å². The van der Waals surface area contributed by atoms with Crippen molar-refractivity contribution in [2.75, 3.05) is 6.54 Å². The van der Waals surface area contributed by atoms with Crippen LogP contribution in [0.5, 0.6) is 0 Å². The summed E-state index contributed by atoms with van der Waals surface area (Å²) in [5.74, 6) is 0.555. The Morgan fingerprint density at radius 3 is 2.69 bits per heavy atom. The quantitative estimate of drug-likeness (QED) is 0.796. The second-order valence-electron chi connectivity index (χ2n) is 4.49. The lowest BCUT2D eigenvalue weighted by Gasteiger charge is -2.25. The van der Waals surface area contributed by atoms with Crippen molar-refractivity contribution in [2.45, 2.75) is 52.5 Å². The molecule has 0 aliphatic heterocycles. The van der Waals surface area contributed by atoms with Gasteiger partial charge in [-0.15, -0.1) is 0 Å². The molecule has 90 valence electrons. The van der Waals surface area contributed by atoms with E-state index in [1.54, 1.807) is 0 Å². The van der Waals surface area contributed by atoms with Crippen LogP contribution in [0.2, 0.25) is 0 Å². The van der Waals surface area contributed by atoms with Crippen molar-refractivity contribution in [2.24, 2.45) is 0 Å². The fourth-order valence-electron chi connectivity index (χ4n) is 2.22. The first-order chi connectivity index (χ1) is 7.70. The largest absolute Gasteiger partial charge is 0.313 e. The van der Waals surface area contributed by atoms with Crippen LogP contribution in [0.3, 0.4) is 0 Å². The number of hydrogen-bond acceptors (Lipinski definition) is 2. The molecule has 0 bridgehead atoms. The van der Waals surface area contributed by atoms with E-state index in [0.29, 0.717) is 12.0 Å². The fourth-order valence-corrected chi connectivity index (χ4v) is 2.22. The maximum absolute atomic E-state index is 4.15. The molecule has 1 heterocycles. The minimum absolute atomic E-state index is 0.555. The number of nitrogens with zero attached hydrogens (tertiary/aromatic N) is 1. The normalized spacial score (nSPS) is 14.8. The van der Waals surface area contributed by atoms with Crippen molar-refractivity contribution < 1.29 is 0 Å². The molecule has 0 aliphatic rings. The molecule has 0 amide bonds. The van der Waals surface area contributed by atoms with Crippen LogP contribution in [-0.2, 0) is 0 Å². The minimum Gasteiger partial charge on any atom is -0.313 e. The third-order valence-corrected chi connectivity index (χ3v) is 3.25. The summed E-state index contributed by atoms with van der Waals surface area (Å²) >= 11 is 0. The highest BCUT2D eigenvalue weighted by atomic mass is 14.9. The number of rotatable bonds is 6. The van der Waals surface area contributed by atoms with Crippen LogP contribution in [0.15, 0.2) is 18.5 Å². The molecule has 16 heavy (non-hydrogen) atoms. The number of nitrogens with one attached hydrogen (secondary N) is 1. The van der Waals surface area contributed by atoms with Gasteiger partial charge in [-0.2, -0.15) is 0 Å². The van der Waals surface area contributed by atoms with Gasteiger partial charge < -0.3 is 5.32 Å². The molecule has 0 radical (unpaired) electrons. The van der Waals surface area contributed by atoms with Crippen molar-refractivity contribution in [1.29, 1.82) is 0 Å². The molecule has 0 spiro atoms. The Morgan fingerprint density at radius 1 is 1.38 bits per heavy atom. The van der Waals surface area contributed by atoms with E-state index < -0.39 is 0 Å². The molecule has 0 saturated carbocycles. The lowest BCUT2D eigenvalue weighted by atomic mass is 9.90. The Balaban J connectivity index is 2.74. The van der Waals surface area contributed by atoms with Crippen LogP contribution in [0, 0.1) is 6.92 Å². The molecule has 2 heteroatoms. The van der Waals surface area contributed by atoms with Gasteiger partial charge in [0.05, 0.1) is 0 Å². The second kappa shape index (κ2) is 6.64. The monoisotopic (exact) mass is 220 g/mol. The molecule has 2 nitrogen and oxygen atoms in total. The Morgan fingerprint density at radius 2 is 2.12 bits per heavy atom. The summed E-state index contributed by atoms with van der Waals surface area (Å²) in [6.07, 6.45) is 6.21. The molecule has 0 aliphatic carbocycles. The standard InChI is InChI=1S/C14H24N2/c1-5-8-16-14(6-2)12(4)13-7-9-15-10-11(13)3/h7,9-10,12,14,16H,5-6,8H2,1-4H3. The van der Waals surface area contributed by atoms with E-state index >= 15 is 0 Å². The molecule has 0 fully saturated rings. The number of pyridine rings is 1. The van der Waals surface area contributed by atoms with E-state index in [2.05, 4.69) is 44.1 Å². The molecule has 2 unspecified atom stereocenters. The van der Waals surface area contributed by atoms with Gasteiger partial charge in [-0.1, -0.05) is 20.8 Å². The van der Waals surface area contributed by atoms with Gasteiger partial charge in [0.25, 0.3) is 0 Å². The SMILES string of the molecule is CCCNC(CC)C(C)c1ccncc1C. The van der Waals surface area contributed by atoms with Crippen LogP contribution in [0.25, 0.3) is 0 Å². The van der Waals surface area contributed by atoms with Crippen molar-refractivity contribution in [1.82, 2.24) is 10.3 Å². The average Bonchev–Trinajstić information content (AvgIpc) is 2.30. The van der Waals surface area contributed by atoms with Gasteiger partial charge in [-0.25, -0.2) is 0 Å². The maximum Gasteiger partial charge on any atom is 0.0299 e. The van der Waals surface area contributed by atoms with Crippen LogP contribution in [-0.4, -0.2) is 17.6 Å². The zero-order valence-electron chi connectivity index (χ0n) is 11.0. The van der Waals surface area contributed by atoms with Gasteiger partial charge in [0.1, 0.15) is 0 Å². The molecule has 1 rings (SSSR count). The predicted molar refractivity (Wildman–Crippen MR) is 69.8 cm³/mol. The molecule has 1 N–H and O–H groups in total. The third-order valence-electron chi connectivity index (χ3n) is 3.25. The summed E-state index contributed by atoms with van der Waals surface area (Å²) < 4.78 is 0. The summed E-state index contributed by atoms with van der Waals surface area (Å²) in [6, 6.07) is 2.72. The van der Waals surface area contributed by atoms with Gasteiger partial charge in [-0.05, 0) is 49.4 Å². The third kappa shape index (κ3) is 3.31. The van der Waals surface area contributed by atoms with E-state index in [-0.39, 0.29) is 0 Å². The van der Waals surface area contributed by atoms with Crippen LogP contribution < -0.4 is 5.32 Å². The van der Waals surface area contributed by atoms with Gasteiger partial charge in [-0.3, -0.25) is 4.98 Å². The highest BCUT2D eigenvalue weighted by molar-refractivity contribution is 5.26. The summed E-state index contributed by atoms with van der Waals surface area (Å²) in [5, 5.41) is 3.62. The highest BCUT2D eigenvalue weighted by Crippen LogP contribution is 2.23. The van der Waals surface area contributed by atoms with Gasteiger partial charge in [0.15, 0.2) is 0 Å². The number of hydrogen-bond donors (Lipinski definition) is 1. The van der Waals surface area contributed by atoms with Crippen LogP contribution >= 0.6 is 0 Å². The Labute approximate surface area is 99.5 Å². The summed E-state index contributed by atoms with van der Waals surface area (Å²) in [7, 11) is 0. The molecule has 1 aromatic heterocycles. The predicted octanol–water partition coefficient (Wildman–Crippen LogP) is 3.27. The van der Waals surface area contributed by atoms with E-state index in [0.717, 1.165) is 6.54 Å². The van der Waals surface area contributed by atoms with E-state index in [9.17, 15) is 0 Å². The molecule has 0 aromatic carbocycles. The molecule has 1 aromatic rings. The van der Waals surface area contributed by atoms with Gasteiger partial charge in [0.2, 0.25) is 0 Å². The average molecular weight is 220 g/mol. The topological polar surface area (TPSA) is 24.9 Å². The number of aryl methyl sites for hydroxylation is 1. The van der Waals surface area contributed by atoms with Crippen molar-refractivity contribution >= 4 is 0 Å². The molecular weight excluding hydrogens is 196 g/mol. The highest BCUT2D eigenvalue weighted by Gasteiger charge is 2.17. The lowest BCUT2D eigenvalue weighted by molar-refractivity contribution is 0.437. The Bertz CT molecular complexity index is 309. The van der Waals surface area contributed by atoms with E-state index in [1.807, 2.05) is 12.4 Å². The summed E-state index contributed by atoms with van der Waals surface area (Å²) in [4.78, 5) is 4.15. The zero-order valence-corrected chi connectivity index (χ0v) is 11.0. The molecular formula is C14H24N2. The minimum atomic E-state index is 0.555. The molecule has 0 saturated heterocycles. The second-order valence-corrected chi connectivity index (χ2v) is 4.49. The van der Waals surface area contributed by atoms with Crippen molar-refractivity contribution in [3.8, 4) is 0 Å². The first-order valence-corrected chi connectivity index (χ1v) is 6.34. The number of aromatic nitrogens is 1. The first-order valence-electron chi connectivity index (χ1n) is 6.34. The summed E-state index contributed by atoms with van der Waals surface area (Å²) in [5.41, 5.74) is 2.72. The zero-order chi connectivity index (χ0) is 12.0. The fraction of sp³-hybridized carbons (Fsp3) is 0.643. The Hall–Kier alpha value is -0.890. The summed E-state index contributed by atoms with van der Waals surface area (Å²) in [6.45, 7) is 10.0. The first kappa shape index (κ1) is 13.2. The Kier molecular flexibility index (Phi) is 5.47.